The number of hydrogen-bond donors (Lipinski definition) is 1. The van der Waals surface area contributed by atoms with Crippen molar-refractivity contribution in [2.75, 3.05) is 6.61 Å². The van der Waals surface area contributed by atoms with Crippen LogP contribution < -0.4 is 0 Å². The molecule has 1 aromatic heterocycles. The second-order valence-electron chi connectivity index (χ2n) is 5.49. The standard InChI is InChI=1S/C19H16F2N2O3/c1-4-26-19(25)15-10(2)17(23-11(15)3)18(24)13(9-22)8-12-6-5-7-14(20)16(12)21/h5-8,23H,4H2,1-3H3. The number of aromatic amines is 1. The maximum atomic E-state index is 13.8. The summed E-state index contributed by atoms with van der Waals surface area (Å²) in [6, 6.07) is 5.15. The van der Waals surface area contributed by atoms with E-state index in [2.05, 4.69) is 4.98 Å². The van der Waals surface area contributed by atoms with Gasteiger partial charge < -0.3 is 9.72 Å². The molecule has 0 bridgehead atoms. The number of benzene rings is 1. The maximum Gasteiger partial charge on any atom is 0.340 e. The molecule has 0 spiro atoms. The number of rotatable bonds is 5. The van der Waals surface area contributed by atoms with Crippen molar-refractivity contribution in [2.45, 2.75) is 20.8 Å². The van der Waals surface area contributed by atoms with Crippen LogP contribution in [-0.2, 0) is 4.74 Å². The lowest BCUT2D eigenvalue weighted by atomic mass is 10.0. The van der Waals surface area contributed by atoms with E-state index in [0.717, 1.165) is 12.1 Å². The van der Waals surface area contributed by atoms with Gasteiger partial charge in [0.25, 0.3) is 0 Å². The highest BCUT2D eigenvalue weighted by molar-refractivity contribution is 6.15. The maximum absolute atomic E-state index is 13.8. The number of hydrogen-bond acceptors (Lipinski definition) is 4. The smallest absolute Gasteiger partial charge is 0.340 e. The second-order valence-corrected chi connectivity index (χ2v) is 5.49. The Hall–Kier alpha value is -3.27. The van der Waals surface area contributed by atoms with Crippen molar-refractivity contribution < 1.29 is 23.1 Å². The average Bonchev–Trinajstić information content (AvgIpc) is 2.90. The van der Waals surface area contributed by atoms with Crippen LogP contribution in [0.1, 0.15) is 44.6 Å². The molecular weight excluding hydrogens is 342 g/mol. The van der Waals surface area contributed by atoms with E-state index in [0.29, 0.717) is 11.3 Å². The van der Waals surface area contributed by atoms with E-state index in [4.69, 9.17) is 4.74 Å². The minimum Gasteiger partial charge on any atom is -0.462 e. The van der Waals surface area contributed by atoms with Crippen molar-refractivity contribution in [3.8, 4) is 6.07 Å². The van der Waals surface area contributed by atoms with Crippen LogP contribution in [-0.4, -0.2) is 23.3 Å². The summed E-state index contributed by atoms with van der Waals surface area (Å²) in [5.74, 6) is -3.55. The fourth-order valence-electron chi connectivity index (χ4n) is 2.56. The Kier molecular flexibility index (Phi) is 5.68. The monoisotopic (exact) mass is 358 g/mol. The second kappa shape index (κ2) is 7.74. The van der Waals surface area contributed by atoms with Gasteiger partial charge in [-0.3, -0.25) is 4.79 Å². The summed E-state index contributed by atoms with van der Waals surface area (Å²) in [5, 5.41) is 9.28. The van der Waals surface area contributed by atoms with Crippen molar-refractivity contribution in [2.24, 2.45) is 0 Å². The Morgan fingerprint density at radius 1 is 1.31 bits per heavy atom. The molecular formula is C19H16F2N2O3. The minimum absolute atomic E-state index is 0.0233. The number of nitrogens with one attached hydrogen (secondary N) is 1. The molecule has 5 nitrogen and oxygen atoms in total. The number of nitrogens with zero attached hydrogens (tertiary/aromatic N) is 1. The van der Waals surface area contributed by atoms with E-state index >= 15 is 0 Å². The van der Waals surface area contributed by atoms with Gasteiger partial charge in [0.1, 0.15) is 11.6 Å². The lowest BCUT2D eigenvalue weighted by molar-refractivity contribution is 0.0525. The van der Waals surface area contributed by atoms with Crippen LogP contribution in [0.3, 0.4) is 0 Å². The molecule has 1 heterocycles. The summed E-state index contributed by atoms with van der Waals surface area (Å²) >= 11 is 0. The zero-order valence-corrected chi connectivity index (χ0v) is 14.4. The minimum atomic E-state index is -1.15. The summed E-state index contributed by atoms with van der Waals surface area (Å²) < 4.78 is 32.1. The largest absolute Gasteiger partial charge is 0.462 e. The third-order valence-corrected chi connectivity index (χ3v) is 3.79. The highest BCUT2D eigenvalue weighted by Gasteiger charge is 2.25. The molecule has 7 heteroatoms. The third kappa shape index (κ3) is 3.54. The Morgan fingerprint density at radius 2 is 2.00 bits per heavy atom. The molecule has 0 aliphatic rings. The van der Waals surface area contributed by atoms with E-state index in [1.165, 1.54) is 12.1 Å². The molecule has 0 fully saturated rings. The molecule has 134 valence electrons. The van der Waals surface area contributed by atoms with E-state index in [1.807, 2.05) is 0 Å². The molecule has 2 aromatic rings. The van der Waals surface area contributed by atoms with Gasteiger partial charge in [-0.2, -0.15) is 5.26 Å². The predicted molar refractivity (Wildman–Crippen MR) is 90.5 cm³/mol. The summed E-state index contributed by atoms with van der Waals surface area (Å²) in [7, 11) is 0. The Balaban J connectivity index is 2.49. The first-order valence-corrected chi connectivity index (χ1v) is 7.78. The first-order chi connectivity index (χ1) is 12.3. The molecule has 1 N–H and O–H groups in total. The SMILES string of the molecule is CCOC(=O)c1c(C)[nH]c(C(=O)C(C#N)=Cc2cccc(F)c2F)c1C. The molecule has 1 aromatic carbocycles. The van der Waals surface area contributed by atoms with E-state index in [9.17, 15) is 23.6 Å². The lowest BCUT2D eigenvalue weighted by Gasteiger charge is -2.03. The van der Waals surface area contributed by atoms with Crippen LogP contribution in [0.5, 0.6) is 0 Å². The van der Waals surface area contributed by atoms with Crippen molar-refractivity contribution >= 4 is 17.8 Å². The molecule has 0 atom stereocenters. The van der Waals surface area contributed by atoms with Crippen molar-refractivity contribution in [1.82, 2.24) is 4.98 Å². The number of aromatic nitrogens is 1. The topological polar surface area (TPSA) is 83.0 Å². The van der Waals surface area contributed by atoms with Gasteiger partial charge in [-0.05, 0) is 38.5 Å². The Bertz CT molecular complexity index is 952. The van der Waals surface area contributed by atoms with Gasteiger partial charge in [0, 0.05) is 11.3 Å². The number of allylic oxidation sites excluding steroid dienone is 1. The van der Waals surface area contributed by atoms with Gasteiger partial charge in [0.15, 0.2) is 11.6 Å². The predicted octanol–water partition coefficient (Wildman–Crippen LogP) is 3.88. The quantitative estimate of drug-likeness (QED) is 0.381. The molecule has 0 saturated carbocycles. The van der Waals surface area contributed by atoms with Gasteiger partial charge in [0.2, 0.25) is 5.78 Å². The van der Waals surface area contributed by atoms with Gasteiger partial charge in [-0.1, -0.05) is 12.1 Å². The van der Waals surface area contributed by atoms with Gasteiger partial charge in [-0.25, -0.2) is 13.6 Å². The molecule has 0 aliphatic heterocycles. The number of ketones is 1. The van der Waals surface area contributed by atoms with Crippen LogP contribution in [0.4, 0.5) is 8.78 Å². The van der Waals surface area contributed by atoms with Crippen molar-refractivity contribution in [3.05, 3.63) is 63.5 Å². The molecule has 0 unspecified atom stereocenters. The van der Waals surface area contributed by atoms with Crippen LogP contribution in [0.25, 0.3) is 6.08 Å². The summed E-state index contributed by atoms with van der Waals surface area (Å²) in [6.45, 7) is 4.97. The molecule has 0 aliphatic carbocycles. The zero-order valence-electron chi connectivity index (χ0n) is 14.4. The number of H-pyrrole nitrogens is 1. The third-order valence-electron chi connectivity index (χ3n) is 3.79. The van der Waals surface area contributed by atoms with Crippen LogP contribution in [0.15, 0.2) is 23.8 Å². The van der Waals surface area contributed by atoms with Gasteiger partial charge in [-0.15, -0.1) is 0 Å². The first-order valence-electron chi connectivity index (χ1n) is 7.78. The van der Waals surface area contributed by atoms with Gasteiger partial charge >= 0.3 is 5.97 Å². The Labute approximate surface area is 148 Å². The number of ether oxygens (including phenoxy) is 1. The van der Waals surface area contributed by atoms with E-state index in [1.54, 1.807) is 26.8 Å². The average molecular weight is 358 g/mol. The number of nitriles is 1. The number of aryl methyl sites for hydroxylation is 1. The van der Waals surface area contributed by atoms with Crippen LogP contribution >= 0.6 is 0 Å². The number of Topliss-reactive ketones (excluding diaryl/α,β-unsaturated/α-hetero) is 1. The fourth-order valence-corrected chi connectivity index (χ4v) is 2.56. The molecule has 0 saturated heterocycles. The number of carbonyl (C=O) groups excluding carboxylic acids is 2. The van der Waals surface area contributed by atoms with Crippen molar-refractivity contribution in [1.29, 1.82) is 5.26 Å². The number of carbonyl (C=O) groups is 2. The Morgan fingerprint density at radius 3 is 2.62 bits per heavy atom. The molecule has 26 heavy (non-hydrogen) atoms. The normalized spacial score (nSPS) is 11.2. The molecule has 0 amide bonds. The summed E-state index contributed by atoms with van der Waals surface area (Å²) in [5.41, 5.74) is 0.362. The highest BCUT2D eigenvalue weighted by Crippen LogP contribution is 2.23. The summed E-state index contributed by atoms with van der Waals surface area (Å²) in [6.07, 6.45) is 0.973. The highest BCUT2D eigenvalue weighted by atomic mass is 19.2. The van der Waals surface area contributed by atoms with E-state index in [-0.39, 0.29) is 23.4 Å². The van der Waals surface area contributed by atoms with Crippen LogP contribution in [0, 0.1) is 36.8 Å². The van der Waals surface area contributed by atoms with Crippen LogP contribution in [0.2, 0.25) is 0 Å². The fraction of sp³-hybridized carbons (Fsp3) is 0.211. The first kappa shape index (κ1) is 19.1. The molecule has 2 rings (SSSR count). The summed E-state index contributed by atoms with van der Waals surface area (Å²) in [4.78, 5) is 27.4. The van der Waals surface area contributed by atoms with Crippen molar-refractivity contribution in [3.63, 3.8) is 0 Å². The van der Waals surface area contributed by atoms with E-state index < -0.39 is 29.0 Å². The zero-order chi connectivity index (χ0) is 19.4. The van der Waals surface area contributed by atoms with Gasteiger partial charge in [0.05, 0.1) is 17.9 Å². The lowest BCUT2D eigenvalue weighted by Crippen LogP contribution is -2.08. The number of esters is 1. The molecule has 0 radical (unpaired) electrons. The number of halogens is 2.